The van der Waals surface area contributed by atoms with Crippen molar-refractivity contribution in [1.29, 1.82) is 0 Å². The fourth-order valence-electron chi connectivity index (χ4n) is 1.70. The van der Waals surface area contributed by atoms with Gasteiger partial charge in [0.05, 0.1) is 6.61 Å². The third-order valence-corrected chi connectivity index (χ3v) is 2.48. The van der Waals surface area contributed by atoms with Crippen LogP contribution in [0.15, 0.2) is 18.3 Å². The maximum atomic E-state index is 5.41. The Hall–Kier alpha value is -1.33. The average molecular weight is 208 g/mol. The van der Waals surface area contributed by atoms with Crippen molar-refractivity contribution in [3.8, 4) is 0 Å². The molecular formula is C10H16N4O. The van der Waals surface area contributed by atoms with Crippen molar-refractivity contribution < 1.29 is 4.74 Å². The molecule has 0 bridgehead atoms. The zero-order valence-electron chi connectivity index (χ0n) is 8.65. The number of hydrogen-bond donors (Lipinski definition) is 2. The zero-order valence-corrected chi connectivity index (χ0v) is 8.65. The van der Waals surface area contributed by atoms with E-state index in [4.69, 9.17) is 10.6 Å². The van der Waals surface area contributed by atoms with Crippen molar-refractivity contribution in [3.63, 3.8) is 0 Å². The fraction of sp³-hybridized carbons (Fsp3) is 0.500. The van der Waals surface area contributed by atoms with Gasteiger partial charge in [0.25, 0.3) is 0 Å². The summed E-state index contributed by atoms with van der Waals surface area (Å²) in [5, 5.41) is 0. The van der Waals surface area contributed by atoms with Gasteiger partial charge in [-0.05, 0) is 12.5 Å². The second-order valence-electron chi connectivity index (χ2n) is 3.50. The average Bonchev–Trinajstić information content (AvgIpc) is 2.58. The number of hydrazine groups is 1. The molecule has 0 aromatic carbocycles. The van der Waals surface area contributed by atoms with Gasteiger partial charge in [-0.1, -0.05) is 0 Å². The van der Waals surface area contributed by atoms with E-state index in [0.717, 1.165) is 38.4 Å². The lowest BCUT2D eigenvalue weighted by Crippen LogP contribution is -2.26. The van der Waals surface area contributed by atoms with Gasteiger partial charge in [0.15, 0.2) is 0 Å². The first-order valence-corrected chi connectivity index (χ1v) is 5.15. The molecule has 3 N–H and O–H groups in total. The van der Waals surface area contributed by atoms with E-state index in [0.29, 0.717) is 5.82 Å². The minimum atomic E-state index is 0.692. The summed E-state index contributed by atoms with van der Waals surface area (Å²) in [5.41, 5.74) is 3.70. The molecule has 2 heterocycles. The Bertz CT molecular complexity index is 310. The molecule has 0 aliphatic carbocycles. The van der Waals surface area contributed by atoms with Crippen molar-refractivity contribution in [3.05, 3.63) is 18.3 Å². The molecule has 0 saturated carbocycles. The van der Waals surface area contributed by atoms with Gasteiger partial charge < -0.3 is 15.1 Å². The molecule has 2 rings (SSSR count). The van der Waals surface area contributed by atoms with Crippen molar-refractivity contribution in [1.82, 2.24) is 4.98 Å². The van der Waals surface area contributed by atoms with Crippen LogP contribution in [0.2, 0.25) is 0 Å². The van der Waals surface area contributed by atoms with Crippen molar-refractivity contribution in [2.75, 3.05) is 36.6 Å². The fourth-order valence-corrected chi connectivity index (χ4v) is 1.70. The molecule has 0 unspecified atom stereocenters. The molecular weight excluding hydrogens is 192 g/mol. The Kier molecular flexibility index (Phi) is 3.37. The van der Waals surface area contributed by atoms with Gasteiger partial charge in [0.2, 0.25) is 0 Å². The van der Waals surface area contributed by atoms with Gasteiger partial charge in [-0.2, -0.15) is 0 Å². The van der Waals surface area contributed by atoms with Crippen LogP contribution in [0.1, 0.15) is 6.42 Å². The smallest absolute Gasteiger partial charge is 0.141 e. The number of nitrogens with zero attached hydrogens (tertiary/aromatic N) is 2. The van der Waals surface area contributed by atoms with E-state index in [-0.39, 0.29) is 0 Å². The quantitative estimate of drug-likeness (QED) is 0.550. The third kappa shape index (κ3) is 2.57. The monoisotopic (exact) mass is 208 g/mol. The van der Waals surface area contributed by atoms with Crippen LogP contribution >= 0.6 is 0 Å². The zero-order chi connectivity index (χ0) is 10.5. The summed E-state index contributed by atoms with van der Waals surface area (Å²) < 4.78 is 5.41. The lowest BCUT2D eigenvalue weighted by molar-refractivity contribution is 0.152. The Labute approximate surface area is 89.2 Å². The second kappa shape index (κ2) is 4.95. The van der Waals surface area contributed by atoms with Crippen LogP contribution in [0.3, 0.4) is 0 Å². The van der Waals surface area contributed by atoms with Crippen LogP contribution in [0, 0.1) is 0 Å². The molecule has 0 radical (unpaired) electrons. The van der Waals surface area contributed by atoms with E-state index in [9.17, 15) is 0 Å². The van der Waals surface area contributed by atoms with E-state index in [2.05, 4.69) is 15.3 Å². The van der Waals surface area contributed by atoms with Crippen LogP contribution in [0.5, 0.6) is 0 Å². The summed E-state index contributed by atoms with van der Waals surface area (Å²) in [6, 6.07) is 3.94. The van der Waals surface area contributed by atoms with E-state index in [1.807, 2.05) is 12.1 Å². The minimum Gasteiger partial charge on any atom is -0.380 e. The molecule has 5 heteroatoms. The number of nitrogens with one attached hydrogen (secondary N) is 1. The van der Waals surface area contributed by atoms with Crippen LogP contribution in [0.25, 0.3) is 0 Å². The lowest BCUT2D eigenvalue weighted by atomic mass is 10.3. The molecule has 0 amide bonds. The lowest BCUT2D eigenvalue weighted by Gasteiger charge is -2.22. The van der Waals surface area contributed by atoms with Crippen LogP contribution < -0.4 is 16.2 Å². The first-order chi connectivity index (χ1) is 7.40. The summed E-state index contributed by atoms with van der Waals surface area (Å²) in [6.45, 7) is 3.58. The second-order valence-corrected chi connectivity index (χ2v) is 3.50. The van der Waals surface area contributed by atoms with E-state index < -0.39 is 0 Å². The SMILES string of the molecule is NNc1cc(N2CCCOCC2)ccn1. The molecule has 0 spiro atoms. The number of rotatable bonds is 2. The third-order valence-electron chi connectivity index (χ3n) is 2.48. The maximum Gasteiger partial charge on any atom is 0.141 e. The molecule has 1 aliphatic rings. The summed E-state index contributed by atoms with van der Waals surface area (Å²) in [4.78, 5) is 6.37. The first-order valence-electron chi connectivity index (χ1n) is 5.15. The number of anilines is 2. The minimum absolute atomic E-state index is 0.692. The molecule has 82 valence electrons. The van der Waals surface area contributed by atoms with E-state index >= 15 is 0 Å². The summed E-state index contributed by atoms with van der Waals surface area (Å²) in [5.74, 6) is 6.02. The summed E-state index contributed by atoms with van der Waals surface area (Å²) in [6.07, 6.45) is 2.82. The Morgan fingerprint density at radius 2 is 2.33 bits per heavy atom. The number of nitrogen functional groups attached to an aromatic ring is 1. The number of pyridine rings is 1. The Morgan fingerprint density at radius 3 is 3.20 bits per heavy atom. The largest absolute Gasteiger partial charge is 0.380 e. The number of hydrogen-bond acceptors (Lipinski definition) is 5. The van der Waals surface area contributed by atoms with Gasteiger partial charge in [-0.25, -0.2) is 10.8 Å². The van der Waals surface area contributed by atoms with Gasteiger partial charge in [0, 0.05) is 37.6 Å². The highest BCUT2D eigenvalue weighted by atomic mass is 16.5. The number of nitrogens with two attached hydrogens (primary N) is 1. The number of aromatic nitrogens is 1. The molecule has 5 nitrogen and oxygen atoms in total. The molecule has 1 saturated heterocycles. The molecule has 15 heavy (non-hydrogen) atoms. The Morgan fingerprint density at radius 1 is 1.40 bits per heavy atom. The maximum absolute atomic E-state index is 5.41. The van der Waals surface area contributed by atoms with Gasteiger partial charge in [-0.15, -0.1) is 0 Å². The molecule has 1 fully saturated rings. The van der Waals surface area contributed by atoms with E-state index in [1.165, 1.54) is 0 Å². The van der Waals surface area contributed by atoms with Crippen LogP contribution in [0.4, 0.5) is 11.5 Å². The molecule has 0 atom stereocenters. The predicted molar refractivity (Wildman–Crippen MR) is 59.7 cm³/mol. The highest BCUT2D eigenvalue weighted by molar-refractivity contribution is 5.53. The highest BCUT2D eigenvalue weighted by Gasteiger charge is 2.10. The van der Waals surface area contributed by atoms with Crippen LogP contribution in [-0.4, -0.2) is 31.3 Å². The van der Waals surface area contributed by atoms with Crippen molar-refractivity contribution in [2.45, 2.75) is 6.42 Å². The van der Waals surface area contributed by atoms with Crippen molar-refractivity contribution in [2.24, 2.45) is 5.84 Å². The van der Waals surface area contributed by atoms with Gasteiger partial charge in [-0.3, -0.25) is 0 Å². The highest BCUT2D eigenvalue weighted by Crippen LogP contribution is 2.17. The van der Waals surface area contributed by atoms with Crippen molar-refractivity contribution >= 4 is 11.5 Å². The normalized spacial score (nSPS) is 17.3. The summed E-state index contributed by atoms with van der Waals surface area (Å²) >= 11 is 0. The topological polar surface area (TPSA) is 63.4 Å². The van der Waals surface area contributed by atoms with Gasteiger partial charge in [0.1, 0.15) is 5.82 Å². The standard InChI is InChI=1S/C10H16N4O/c11-13-10-8-9(2-3-12-10)14-4-1-6-15-7-5-14/h2-3,8H,1,4-7,11H2,(H,12,13). The van der Waals surface area contributed by atoms with E-state index in [1.54, 1.807) is 6.20 Å². The molecule has 1 aliphatic heterocycles. The predicted octanol–water partition coefficient (Wildman–Crippen LogP) is 0.594. The van der Waals surface area contributed by atoms with Gasteiger partial charge >= 0.3 is 0 Å². The van der Waals surface area contributed by atoms with Crippen LogP contribution in [-0.2, 0) is 4.74 Å². The Balaban J connectivity index is 2.12. The molecule has 1 aromatic rings. The summed E-state index contributed by atoms with van der Waals surface area (Å²) in [7, 11) is 0. The molecule has 1 aromatic heterocycles. The first kappa shape index (κ1) is 10.2. The number of ether oxygens (including phenoxy) is 1.